The van der Waals surface area contributed by atoms with Crippen molar-refractivity contribution in [1.82, 2.24) is 4.31 Å². The Morgan fingerprint density at radius 2 is 1.45 bits per heavy atom. The van der Waals surface area contributed by atoms with E-state index in [0.717, 1.165) is 10.0 Å². The second-order valence-electron chi connectivity index (χ2n) is 9.20. The molecule has 1 heterocycles. The molecule has 1 saturated heterocycles. The number of nitrogens with zero attached hydrogens (tertiary/aromatic N) is 1. The standard InChI is InChI=1S/C27H30BrN3O5S2/c28-23-8-10-25(11-9-23)30-38(35,36)26-14-12-24(13-15-26)29-27(32)22-16-18-31(19-17-22)37(33,34)20-4-7-21-5-2-1-3-6-21/h1-3,5-6,8-15,22,30H,4,7,16-20H2,(H,29,32). The van der Waals surface area contributed by atoms with Crippen LogP contribution in [0.3, 0.4) is 0 Å². The Kier molecular flexibility index (Phi) is 9.24. The fourth-order valence-corrected chi connectivity index (χ4v) is 7.18. The molecule has 202 valence electrons. The van der Waals surface area contributed by atoms with Crippen LogP contribution >= 0.6 is 15.9 Å². The maximum Gasteiger partial charge on any atom is 0.261 e. The van der Waals surface area contributed by atoms with Gasteiger partial charge in [0.2, 0.25) is 15.9 Å². The lowest BCUT2D eigenvalue weighted by atomic mass is 9.97. The summed E-state index contributed by atoms with van der Waals surface area (Å²) in [7, 11) is -7.14. The number of benzene rings is 3. The number of carbonyl (C=O) groups is 1. The molecular formula is C27H30BrN3O5S2. The molecule has 1 aliphatic rings. The van der Waals surface area contributed by atoms with Crippen LogP contribution in [0, 0.1) is 5.92 Å². The predicted octanol–water partition coefficient (Wildman–Crippen LogP) is 4.86. The van der Waals surface area contributed by atoms with E-state index in [9.17, 15) is 21.6 Å². The van der Waals surface area contributed by atoms with Gasteiger partial charge < -0.3 is 5.32 Å². The highest BCUT2D eigenvalue weighted by atomic mass is 79.9. The van der Waals surface area contributed by atoms with Crippen molar-refractivity contribution < 1.29 is 21.6 Å². The summed E-state index contributed by atoms with van der Waals surface area (Å²) in [6.45, 7) is 0.620. The van der Waals surface area contributed by atoms with E-state index in [1.54, 1.807) is 36.4 Å². The van der Waals surface area contributed by atoms with Gasteiger partial charge in [-0.15, -0.1) is 0 Å². The van der Waals surface area contributed by atoms with Crippen molar-refractivity contribution in [2.24, 2.45) is 5.92 Å². The van der Waals surface area contributed by atoms with Crippen LogP contribution in [0.1, 0.15) is 24.8 Å². The number of nitrogens with one attached hydrogen (secondary N) is 2. The third-order valence-corrected chi connectivity index (χ3v) is 10.3. The van der Waals surface area contributed by atoms with E-state index in [4.69, 9.17) is 0 Å². The third-order valence-electron chi connectivity index (χ3n) is 6.46. The van der Waals surface area contributed by atoms with Gasteiger partial charge >= 0.3 is 0 Å². The van der Waals surface area contributed by atoms with Crippen LogP contribution in [0.2, 0.25) is 0 Å². The van der Waals surface area contributed by atoms with Crippen molar-refractivity contribution in [3.05, 3.63) is 88.9 Å². The predicted molar refractivity (Wildman–Crippen MR) is 153 cm³/mol. The van der Waals surface area contributed by atoms with Gasteiger partial charge in [0.15, 0.2) is 0 Å². The molecule has 1 fully saturated rings. The molecular weight excluding hydrogens is 590 g/mol. The Morgan fingerprint density at radius 1 is 0.842 bits per heavy atom. The molecule has 0 atom stereocenters. The minimum absolute atomic E-state index is 0.0733. The smallest absolute Gasteiger partial charge is 0.261 e. The summed E-state index contributed by atoms with van der Waals surface area (Å²) >= 11 is 3.31. The number of halogens is 1. The highest BCUT2D eigenvalue weighted by Gasteiger charge is 2.31. The number of rotatable bonds is 10. The highest BCUT2D eigenvalue weighted by molar-refractivity contribution is 9.10. The summed E-state index contributed by atoms with van der Waals surface area (Å²) in [6.07, 6.45) is 2.14. The Morgan fingerprint density at radius 3 is 2.08 bits per heavy atom. The maximum absolute atomic E-state index is 12.8. The van der Waals surface area contributed by atoms with Crippen molar-refractivity contribution in [1.29, 1.82) is 0 Å². The van der Waals surface area contributed by atoms with Crippen molar-refractivity contribution >= 4 is 53.3 Å². The summed E-state index contributed by atoms with van der Waals surface area (Å²) in [5.74, 6) is -0.423. The molecule has 0 bridgehead atoms. The quantitative estimate of drug-likeness (QED) is 0.336. The van der Waals surface area contributed by atoms with E-state index < -0.39 is 20.0 Å². The summed E-state index contributed by atoms with van der Waals surface area (Å²) < 4.78 is 55.7. The van der Waals surface area contributed by atoms with Gasteiger partial charge in [0.05, 0.1) is 10.6 Å². The normalized spacial score (nSPS) is 15.2. The van der Waals surface area contributed by atoms with E-state index in [2.05, 4.69) is 26.0 Å². The van der Waals surface area contributed by atoms with Crippen LogP contribution in [-0.2, 0) is 31.3 Å². The Labute approximate surface area is 232 Å². The van der Waals surface area contributed by atoms with Crippen LogP contribution in [0.5, 0.6) is 0 Å². The van der Waals surface area contributed by atoms with E-state index >= 15 is 0 Å². The number of carbonyl (C=O) groups excluding carboxylic acids is 1. The van der Waals surface area contributed by atoms with E-state index in [1.165, 1.54) is 16.4 Å². The van der Waals surface area contributed by atoms with Gasteiger partial charge in [0, 0.05) is 34.9 Å². The van der Waals surface area contributed by atoms with Gasteiger partial charge in [0.1, 0.15) is 0 Å². The molecule has 0 radical (unpaired) electrons. The van der Waals surface area contributed by atoms with Gasteiger partial charge in [-0.05, 0) is 79.8 Å². The van der Waals surface area contributed by atoms with Crippen LogP contribution in [0.25, 0.3) is 0 Å². The number of piperidine rings is 1. The average Bonchev–Trinajstić information content (AvgIpc) is 2.91. The van der Waals surface area contributed by atoms with Crippen molar-refractivity contribution in [2.45, 2.75) is 30.6 Å². The van der Waals surface area contributed by atoms with Crippen LogP contribution < -0.4 is 10.0 Å². The molecule has 0 spiro atoms. The number of hydrogen-bond donors (Lipinski definition) is 2. The second-order valence-corrected chi connectivity index (χ2v) is 13.9. The average molecular weight is 621 g/mol. The molecule has 0 aromatic heterocycles. The Bertz CT molecular complexity index is 1440. The molecule has 0 saturated carbocycles. The van der Waals surface area contributed by atoms with Crippen LogP contribution in [0.4, 0.5) is 11.4 Å². The monoisotopic (exact) mass is 619 g/mol. The van der Waals surface area contributed by atoms with E-state index in [0.29, 0.717) is 50.1 Å². The Balaban J connectivity index is 1.25. The fraction of sp³-hybridized carbons (Fsp3) is 0.296. The minimum atomic E-state index is -3.78. The zero-order chi connectivity index (χ0) is 27.2. The fourth-order valence-electron chi connectivity index (χ4n) is 4.32. The summed E-state index contributed by atoms with van der Waals surface area (Å²) in [4.78, 5) is 12.9. The first-order chi connectivity index (χ1) is 18.1. The lowest BCUT2D eigenvalue weighted by molar-refractivity contribution is -0.120. The summed E-state index contributed by atoms with van der Waals surface area (Å²) in [5.41, 5.74) is 2.04. The van der Waals surface area contributed by atoms with Crippen molar-refractivity contribution in [3.63, 3.8) is 0 Å². The molecule has 0 aliphatic carbocycles. The number of sulfonamides is 2. The first-order valence-corrected chi connectivity index (χ1v) is 16.2. The molecule has 1 aliphatic heterocycles. The number of amides is 1. The van der Waals surface area contributed by atoms with Gasteiger partial charge in [-0.3, -0.25) is 9.52 Å². The number of anilines is 2. The lowest BCUT2D eigenvalue weighted by Crippen LogP contribution is -2.42. The third kappa shape index (κ3) is 7.66. The zero-order valence-electron chi connectivity index (χ0n) is 20.7. The molecule has 3 aromatic rings. The van der Waals surface area contributed by atoms with Gasteiger partial charge in [-0.1, -0.05) is 46.3 Å². The maximum atomic E-state index is 12.8. The van der Waals surface area contributed by atoms with E-state index in [1.807, 2.05) is 30.3 Å². The molecule has 4 rings (SSSR count). The number of hydrogen-bond acceptors (Lipinski definition) is 5. The van der Waals surface area contributed by atoms with Gasteiger partial charge in [-0.2, -0.15) is 0 Å². The molecule has 3 aromatic carbocycles. The Hall–Kier alpha value is -2.73. The van der Waals surface area contributed by atoms with Gasteiger partial charge in [0.25, 0.3) is 10.0 Å². The molecule has 11 heteroatoms. The molecule has 0 unspecified atom stereocenters. The summed E-state index contributed by atoms with van der Waals surface area (Å²) in [6, 6.07) is 22.5. The minimum Gasteiger partial charge on any atom is -0.326 e. The first-order valence-electron chi connectivity index (χ1n) is 12.3. The first kappa shape index (κ1) is 28.3. The van der Waals surface area contributed by atoms with Crippen LogP contribution in [0.15, 0.2) is 88.2 Å². The SMILES string of the molecule is O=C(Nc1ccc(S(=O)(=O)Nc2ccc(Br)cc2)cc1)C1CCN(S(=O)(=O)CCCc2ccccc2)CC1. The van der Waals surface area contributed by atoms with Crippen molar-refractivity contribution in [3.8, 4) is 0 Å². The highest BCUT2D eigenvalue weighted by Crippen LogP contribution is 2.24. The molecule has 38 heavy (non-hydrogen) atoms. The molecule has 2 N–H and O–H groups in total. The van der Waals surface area contributed by atoms with Crippen LogP contribution in [-0.4, -0.2) is 45.9 Å². The molecule has 1 amide bonds. The zero-order valence-corrected chi connectivity index (χ0v) is 23.9. The summed E-state index contributed by atoms with van der Waals surface area (Å²) in [5, 5.41) is 2.82. The second kappa shape index (κ2) is 12.4. The van der Waals surface area contributed by atoms with Gasteiger partial charge in [-0.25, -0.2) is 21.1 Å². The lowest BCUT2D eigenvalue weighted by Gasteiger charge is -2.30. The number of aryl methyl sites for hydroxylation is 1. The van der Waals surface area contributed by atoms with E-state index in [-0.39, 0.29) is 22.5 Å². The van der Waals surface area contributed by atoms with Crippen molar-refractivity contribution in [2.75, 3.05) is 28.9 Å². The molecule has 8 nitrogen and oxygen atoms in total. The topological polar surface area (TPSA) is 113 Å². The largest absolute Gasteiger partial charge is 0.326 e.